The van der Waals surface area contributed by atoms with Crippen LogP contribution in [0.25, 0.3) is 16.6 Å². The van der Waals surface area contributed by atoms with Crippen molar-refractivity contribution in [3.05, 3.63) is 66.1 Å². The van der Waals surface area contributed by atoms with Crippen LogP contribution in [0.5, 0.6) is 0 Å². The molecule has 5 rings (SSSR count). The number of nitrogens with zero attached hydrogens (tertiary/aromatic N) is 6. The van der Waals surface area contributed by atoms with E-state index in [9.17, 15) is 4.39 Å². The van der Waals surface area contributed by atoms with E-state index < -0.39 is 0 Å². The predicted octanol–water partition coefficient (Wildman–Crippen LogP) is 2.67. The summed E-state index contributed by atoms with van der Waals surface area (Å²) in [4.78, 5) is 4.63. The smallest absolute Gasteiger partial charge is 0.149 e. The molecule has 8 heteroatoms. The standard InChI is InChI=1S/C20H20FN7/c21-19-10-18(28-13-24-25-26-28)9-15-5-8-27(20(15)19)12-17-2-1-16(11-23-17)14-3-6-22-7-4-14/h1-2,5,8-11,13-14,22H,3-4,6-7,12H2. The molecular weight excluding hydrogens is 357 g/mol. The number of tetrazole rings is 1. The largest absolute Gasteiger partial charge is 0.339 e. The zero-order valence-electron chi connectivity index (χ0n) is 15.3. The number of rotatable bonds is 4. The Bertz CT molecular complexity index is 1080. The second kappa shape index (κ2) is 7.12. The molecule has 0 aliphatic carbocycles. The second-order valence-electron chi connectivity index (χ2n) is 7.17. The molecule has 0 spiro atoms. The summed E-state index contributed by atoms with van der Waals surface area (Å²) < 4.78 is 18.1. The van der Waals surface area contributed by atoms with E-state index in [2.05, 4.69) is 38.0 Å². The summed E-state index contributed by atoms with van der Waals surface area (Å²) in [5.74, 6) is 0.275. The van der Waals surface area contributed by atoms with Gasteiger partial charge in [-0.1, -0.05) is 6.07 Å². The van der Waals surface area contributed by atoms with Crippen LogP contribution in [0.3, 0.4) is 0 Å². The van der Waals surface area contributed by atoms with E-state index in [0.717, 1.165) is 37.0 Å². The molecule has 0 atom stereocenters. The number of benzene rings is 1. The Labute approximate surface area is 161 Å². The zero-order chi connectivity index (χ0) is 18.9. The number of hydrogen-bond acceptors (Lipinski definition) is 5. The summed E-state index contributed by atoms with van der Waals surface area (Å²) in [5, 5.41) is 15.2. The maximum Gasteiger partial charge on any atom is 0.149 e. The van der Waals surface area contributed by atoms with E-state index in [0.29, 0.717) is 23.7 Å². The monoisotopic (exact) mass is 377 g/mol. The SMILES string of the molecule is Fc1cc(-n2cnnn2)cc2ccn(Cc3ccc(C4CCNCC4)cn3)c12. The molecule has 1 aromatic carbocycles. The number of hydrogen-bond donors (Lipinski definition) is 1. The van der Waals surface area contributed by atoms with Crippen molar-refractivity contribution >= 4 is 10.9 Å². The van der Waals surface area contributed by atoms with Gasteiger partial charge in [0.1, 0.15) is 12.1 Å². The van der Waals surface area contributed by atoms with Crippen molar-refractivity contribution in [2.75, 3.05) is 13.1 Å². The summed E-state index contributed by atoms with van der Waals surface area (Å²) in [5.41, 5.74) is 3.36. The zero-order valence-corrected chi connectivity index (χ0v) is 15.3. The molecule has 1 saturated heterocycles. The van der Waals surface area contributed by atoms with E-state index in [1.807, 2.05) is 29.1 Å². The summed E-state index contributed by atoms with van der Waals surface area (Å²) >= 11 is 0. The highest BCUT2D eigenvalue weighted by molar-refractivity contribution is 5.83. The van der Waals surface area contributed by atoms with Crippen molar-refractivity contribution in [1.82, 2.24) is 35.1 Å². The predicted molar refractivity (Wildman–Crippen MR) is 103 cm³/mol. The molecule has 4 heterocycles. The van der Waals surface area contributed by atoms with Gasteiger partial charge in [0.25, 0.3) is 0 Å². The number of fused-ring (bicyclic) bond motifs is 1. The number of halogens is 1. The Morgan fingerprint density at radius 3 is 2.79 bits per heavy atom. The van der Waals surface area contributed by atoms with Crippen LogP contribution in [-0.4, -0.2) is 42.8 Å². The number of piperidine rings is 1. The van der Waals surface area contributed by atoms with Crippen molar-refractivity contribution in [1.29, 1.82) is 0 Å². The summed E-state index contributed by atoms with van der Waals surface area (Å²) in [6.45, 7) is 2.65. The van der Waals surface area contributed by atoms with Gasteiger partial charge in [-0.15, -0.1) is 5.10 Å². The lowest BCUT2D eigenvalue weighted by molar-refractivity contribution is 0.459. The van der Waals surface area contributed by atoms with Crippen LogP contribution in [-0.2, 0) is 6.54 Å². The first-order valence-electron chi connectivity index (χ1n) is 9.45. The van der Waals surface area contributed by atoms with Crippen molar-refractivity contribution in [3.8, 4) is 5.69 Å². The first-order valence-corrected chi connectivity index (χ1v) is 9.45. The normalized spacial score (nSPS) is 15.3. The van der Waals surface area contributed by atoms with Gasteiger partial charge in [-0.25, -0.2) is 9.07 Å². The summed E-state index contributed by atoms with van der Waals surface area (Å²) in [6, 6.07) is 9.43. The van der Waals surface area contributed by atoms with Gasteiger partial charge in [-0.2, -0.15) is 0 Å². The number of aromatic nitrogens is 6. The van der Waals surface area contributed by atoms with Gasteiger partial charge in [-0.3, -0.25) is 4.98 Å². The molecule has 4 aromatic rings. The Kier molecular flexibility index (Phi) is 4.32. The van der Waals surface area contributed by atoms with Crippen LogP contribution >= 0.6 is 0 Å². The minimum atomic E-state index is -0.306. The second-order valence-corrected chi connectivity index (χ2v) is 7.17. The minimum Gasteiger partial charge on any atom is -0.339 e. The molecule has 0 bridgehead atoms. The molecule has 1 N–H and O–H groups in total. The molecule has 0 amide bonds. The molecule has 1 aliphatic heterocycles. The Balaban J connectivity index is 1.40. The third-order valence-electron chi connectivity index (χ3n) is 5.40. The maximum absolute atomic E-state index is 14.8. The van der Waals surface area contributed by atoms with Gasteiger partial charge in [0.15, 0.2) is 0 Å². The van der Waals surface area contributed by atoms with Crippen molar-refractivity contribution in [2.45, 2.75) is 25.3 Å². The van der Waals surface area contributed by atoms with Crippen LogP contribution in [0, 0.1) is 5.82 Å². The molecule has 0 saturated carbocycles. The first kappa shape index (κ1) is 17.0. The Morgan fingerprint density at radius 1 is 1.14 bits per heavy atom. The molecule has 1 fully saturated rings. The van der Waals surface area contributed by atoms with Gasteiger partial charge in [-0.05, 0) is 66.0 Å². The van der Waals surface area contributed by atoms with E-state index in [-0.39, 0.29) is 5.82 Å². The molecule has 0 unspecified atom stereocenters. The van der Waals surface area contributed by atoms with Crippen LogP contribution in [0.15, 0.2) is 49.1 Å². The molecule has 7 nitrogen and oxygen atoms in total. The summed E-state index contributed by atoms with van der Waals surface area (Å²) in [6.07, 6.45) is 7.62. The van der Waals surface area contributed by atoms with E-state index in [1.54, 1.807) is 0 Å². The average Bonchev–Trinajstić information content (AvgIpc) is 3.40. The molecule has 3 aromatic heterocycles. The highest BCUT2D eigenvalue weighted by atomic mass is 19.1. The van der Waals surface area contributed by atoms with Crippen molar-refractivity contribution in [2.24, 2.45) is 0 Å². The van der Waals surface area contributed by atoms with E-state index in [4.69, 9.17) is 0 Å². The highest BCUT2D eigenvalue weighted by Crippen LogP contribution is 2.26. The minimum absolute atomic E-state index is 0.306. The van der Waals surface area contributed by atoms with E-state index >= 15 is 0 Å². The van der Waals surface area contributed by atoms with Crippen LogP contribution in [0.2, 0.25) is 0 Å². The third kappa shape index (κ3) is 3.16. The van der Waals surface area contributed by atoms with Crippen LogP contribution in [0.1, 0.15) is 30.0 Å². The van der Waals surface area contributed by atoms with Gasteiger partial charge in [0.05, 0.1) is 23.4 Å². The topological polar surface area (TPSA) is 73.5 Å². The molecule has 1 aliphatic rings. The molecule has 28 heavy (non-hydrogen) atoms. The van der Waals surface area contributed by atoms with Crippen LogP contribution in [0.4, 0.5) is 4.39 Å². The maximum atomic E-state index is 14.8. The molecule has 142 valence electrons. The fourth-order valence-electron chi connectivity index (χ4n) is 3.92. The fraction of sp³-hybridized carbons (Fsp3) is 0.300. The van der Waals surface area contributed by atoms with Gasteiger partial charge >= 0.3 is 0 Å². The van der Waals surface area contributed by atoms with Gasteiger partial charge < -0.3 is 9.88 Å². The fourth-order valence-corrected chi connectivity index (χ4v) is 3.92. The number of nitrogens with one attached hydrogen (secondary N) is 1. The van der Waals surface area contributed by atoms with Gasteiger partial charge in [0, 0.05) is 23.8 Å². The molecule has 0 radical (unpaired) electrons. The van der Waals surface area contributed by atoms with Crippen LogP contribution < -0.4 is 5.32 Å². The van der Waals surface area contributed by atoms with Crippen molar-refractivity contribution < 1.29 is 4.39 Å². The average molecular weight is 377 g/mol. The highest BCUT2D eigenvalue weighted by Gasteiger charge is 2.16. The quantitative estimate of drug-likeness (QED) is 0.592. The molecular formula is C20H20FN7. The Morgan fingerprint density at radius 2 is 2.04 bits per heavy atom. The van der Waals surface area contributed by atoms with E-state index in [1.165, 1.54) is 22.6 Å². The lowest BCUT2D eigenvalue weighted by atomic mass is 9.91. The third-order valence-corrected chi connectivity index (χ3v) is 5.40. The lowest BCUT2D eigenvalue weighted by Gasteiger charge is -2.22. The first-order chi connectivity index (χ1) is 13.8. The van der Waals surface area contributed by atoms with Crippen molar-refractivity contribution in [3.63, 3.8) is 0 Å². The Hall–Kier alpha value is -3.13. The summed E-state index contributed by atoms with van der Waals surface area (Å²) in [7, 11) is 0. The van der Waals surface area contributed by atoms with Gasteiger partial charge in [0.2, 0.25) is 0 Å². The number of pyridine rings is 1. The lowest BCUT2D eigenvalue weighted by Crippen LogP contribution is -2.26.